The van der Waals surface area contributed by atoms with Crippen LogP contribution in [0, 0.1) is 0 Å². The Balaban J connectivity index is 1.92. The Morgan fingerprint density at radius 2 is 1.85 bits per heavy atom. The first-order chi connectivity index (χ1) is 13.2. The summed E-state index contributed by atoms with van der Waals surface area (Å²) in [5.41, 5.74) is 1.49. The topological polar surface area (TPSA) is 50.1 Å². The van der Waals surface area contributed by atoms with Crippen LogP contribution in [-0.4, -0.2) is 20.7 Å². The highest BCUT2D eigenvalue weighted by Gasteiger charge is 2.23. The van der Waals surface area contributed by atoms with Crippen molar-refractivity contribution in [3.05, 3.63) is 55.4 Å². The molecular weight excluding hydrogens is 334 g/mol. The number of fused-ring (bicyclic) bond motifs is 1. The van der Waals surface area contributed by atoms with Crippen LogP contribution >= 0.6 is 0 Å². The molecule has 27 heavy (non-hydrogen) atoms. The second kappa shape index (κ2) is 7.31. The van der Waals surface area contributed by atoms with E-state index in [-0.39, 0.29) is 5.75 Å². The number of hydrogen-bond acceptors (Lipinski definition) is 3. The summed E-state index contributed by atoms with van der Waals surface area (Å²) in [6.07, 6.45) is 9.54. The zero-order valence-electron chi connectivity index (χ0n) is 15.5. The van der Waals surface area contributed by atoms with Gasteiger partial charge in [-0.25, -0.2) is 4.98 Å². The van der Waals surface area contributed by atoms with E-state index in [4.69, 9.17) is 4.98 Å². The molecule has 0 bridgehead atoms. The highest BCUT2D eigenvalue weighted by Crippen LogP contribution is 2.41. The van der Waals surface area contributed by atoms with Gasteiger partial charge >= 0.3 is 0 Å². The van der Waals surface area contributed by atoms with Gasteiger partial charge in [0.15, 0.2) is 0 Å². The predicted octanol–water partition coefficient (Wildman–Crippen LogP) is 5.90. The lowest BCUT2D eigenvalue weighted by molar-refractivity contribution is 0.461. The lowest BCUT2D eigenvalue weighted by Gasteiger charge is -2.25. The molecule has 0 saturated heterocycles. The highest BCUT2D eigenvalue weighted by atomic mass is 16.3. The van der Waals surface area contributed by atoms with Crippen molar-refractivity contribution in [3.8, 4) is 17.0 Å². The molecule has 2 N–H and O–H groups in total. The third kappa shape index (κ3) is 3.12. The smallest absolute Gasteiger partial charge is 0.139 e. The number of aromatic hydroxyl groups is 1. The molecule has 138 valence electrons. The average Bonchev–Trinajstić information content (AvgIpc) is 3.05. The van der Waals surface area contributed by atoms with E-state index < -0.39 is 0 Å². The Kier molecular flexibility index (Phi) is 4.71. The maximum atomic E-state index is 10.7. The number of anilines is 1. The first-order valence-corrected chi connectivity index (χ1v) is 9.57. The Morgan fingerprint density at radius 3 is 2.59 bits per heavy atom. The molecule has 4 rings (SSSR count). The van der Waals surface area contributed by atoms with Gasteiger partial charge in [0.05, 0.1) is 5.56 Å². The molecule has 0 radical (unpaired) electrons. The van der Waals surface area contributed by atoms with Crippen LogP contribution in [0.1, 0.15) is 37.9 Å². The molecule has 1 saturated carbocycles. The second-order valence-electron chi connectivity index (χ2n) is 7.08. The number of benzene rings is 2. The van der Waals surface area contributed by atoms with Crippen LogP contribution in [0.15, 0.2) is 49.6 Å². The molecular formula is C23H25N3O. The van der Waals surface area contributed by atoms with Gasteiger partial charge in [-0.3, -0.25) is 4.57 Å². The van der Waals surface area contributed by atoms with Crippen molar-refractivity contribution in [2.75, 3.05) is 5.32 Å². The molecule has 1 aromatic heterocycles. The Bertz CT molecular complexity index is 996. The molecule has 0 unspecified atom stereocenters. The number of phenols is 1. The first kappa shape index (κ1) is 17.4. The summed E-state index contributed by atoms with van der Waals surface area (Å²) in [5, 5.41) is 16.4. The normalized spacial score (nSPS) is 15.0. The minimum absolute atomic E-state index is 0.227. The maximum Gasteiger partial charge on any atom is 0.139 e. The number of imidazole rings is 1. The zero-order valence-corrected chi connectivity index (χ0v) is 15.5. The highest BCUT2D eigenvalue weighted by molar-refractivity contribution is 6.01. The van der Waals surface area contributed by atoms with E-state index in [1.807, 2.05) is 34.9 Å². The average molecular weight is 359 g/mol. The molecule has 1 heterocycles. The van der Waals surface area contributed by atoms with E-state index >= 15 is 0 Å². The van der Waals surface area contributed by atoms with Crippen LogP contribution in [0.2, 0.25) is 0 Å². The molecule has 1 fully saturated rings. The largest absolute Gasteiger partial charge is 0.507 e. The Hall–Kier alpha value is -3.01. The fraction of sp³-hybridized carbons (Fsp3) is 0.261. The predicted molar refractivity (Wildman–Crippen MR) is 114 cm³/mol. The van der Waals surface area contributed by atoms with Gasteiger partial charge in [0.2, 0.25) is 0 Å². The molecule has 1 aliphatic carbocycles. The SMILES string of the molecule is C=Cc1nc(-c2c(O)ccc3ccccc23)c(NC2CCCCC2)n1C=C. The minimum Gasteiger partial charge on any atom is -0.507 e. The van der Waals surface area contributed by atoms with E-state index in [9.17, 15) is 5.11 Å². The monoisotopic (exact) mass is 359 g/mol. The summed E-state index contributed by atoms with van der Waals surface area (Å²) >= 11 is 0. The minimum atomic E-state index is 0.227. The quantitative estimate of drug-likeness (QED) is 0.596. The van der Waals surface area contributed by atoms with Crippen LogP contribution in [0.25, 0.3) is 34.3 Å². The molecule has 1 aliphatic rings. The molecule has 0 spiro atoms. The number of hydrogen-bond donors (Lipinski definition) is 2. The number of aromatic nitrogens is 2. The van der Waals surface area contributed by atoms with E-state index in [0.717, 1.165) is 40.7 Å². The van der Waals surface area contributed by atoms with Crippen molar-refractivity contribution >= 4 is 28.9 Å². The standard InChI is InChI=1S/C23H25N3O/c1-3-20-25-22(21-18-13-9-8-10-16(18)14-15-19(21)27)23(26(20)4-2)24-17-11-6-5-7-12-17/h3-4,8-10,13-15,17,24,27H,1-2,5-7,11-12H2. The van der Waals surface area contributed by atoms with Crippen molar-refractivity contribution in [2.45, 2.75) is 38.1 Å². The molecule has 0 aliphatic heterocycles. The third-order valence-electron chi connectivity index (χ3n) is 5.39. The van der Waals surface area contributed by atoms with Crippen molar-refractivity contribution < 1.29 is 5.11 Å². The summed E-state index contributed by atoms with van der Waals surface area (Å²) in [4.78, 5) is 4.80. The van der Waals surface area contributed by atoms with Crippen LogP contribution in [-0.2, 0) is 0 Å². The van der Waals surface area contributed by atoms with E-state index in [0.29, 0.717) is 11.9 Å². The van der Waals surface area contributed by atoms with Gasteiger partial charge in [0, 0.05) is 12.2 Å². The molecule has 4 nitrogen and oxygen atoms in total. The molecule has 4 heteroatoms. The van der Waals surface area contributed by atoms with Crippen molar-refractivity contribution in [2.24, 2.45) is 0 Å². The molecule has 2 aromatic carbocycles. The summed E-state index contributed by atoms with van der Waals surface area (Å²) in [7, 11) is 0. The third-order valence-corrected chi connectivity index (χ3v) is 5.39. The van der Waals surface area contributed by atoms with E-state index in [1.54, 1.807) is 18.3 Å². The summed E-state index contributed by atoms with van der Waals surface area (Å²) < 4.78 is 1.93. The van der Waals surface area contributed by atoms with Gasteiger partial charge in [-0.05, 0) is 35.8 Å². The Labute approximate surface area is 159 Å². The summed E-state index contributed by atoms with van der Waals surface area (Å²) in [6.45, 7) is 7.86. The zero-order chi connectivity index (χ0) is 18.8. The van der Waals surface area contributed by atoms with Crippen LogP contribution < -0.4 is 5.32 Å². The van der Waals surface area contributed by atoms with E-state index in [1.165, 1.54) is 19.3 Å². The molecule has 0 atom stereocenters. The van der Waals surface area contributed by atoms with Crippen molar-refractivity contribution in [3.63, 3.8) is 0 Å². The van der Waals surface area contributed by atoms with Crippen LogP contribution in [0.5, 0.6) is 5.75 Å². The van der Waals surface area contributed by atoms with Crippen molar-refractivity contribution in [1.29, 1.82) is 0 Å². The number of rotatable bonds is 5. The number of nitrogens with zero attached hydrogens (tertiary/aromatic N) is 2. The summed E-state index contributed by atoms with van der Waals surface area (Å²) in [5.74, 6) is 1.81. The first-order valence-electron chi connectivity index (χ1n) is 9.57. The van der Waals surface area contributed by atoms with Crippen molar-refractivity contribution in [1.82, 2.24) is 9.55 Å². The second-order valence-corrected chi connectivity index (χ2v) is 7.08. The maximum absolute atomic E-state index is 10.7. The lowest BCUT2D eigenvalue weighted by Crippen LogP contribution is -2.23. The number of nitrogens with one attached hydrogen (secondary N) is 1. The van der Waals surface area contributed by atoms with Gasteiger partial charge < -0.3 is 10.4 Å². The van der Waals surface area contributed by atoms with E-state index in [2.05, 4.69) is 18.5 Å². The van der Waals surface area contributed by atoms with Crippen LogP contribution in [0.3, 0.4) is 0 Å². The molecule has 0 amide bonds. The van der Waals surface area contributed by atoms with Crippen LogP contribution in [0.4, 0.5) is 5.82 Å². The van der Waals surface area contributed by atoms with Gasteiger partial charge in [0.25, 0.3) is 0 Å². The van der Waals surface area contributed by atoms with Gasteiger partial charge in [-0.1, -0.05) is 62.8 Å². The van der Waals surface area contributed by atoms with Gasteiger partial charge in [0.1, 0.15) is 23.1 Å². The lowest BCUT2D eigenvalue weighted by atomic mass is 9.95. The molecule has 3 aromatic rings. The summed E-state index contributed by atoms with van der Waals surface area (Å²) in [6, 6.07) is 12.1. The Morgan fingerprint density at radius 1 is 1.07 bits per heavy atom. The van der Waals surface area contributed by atoms with Gasteiger partial charge in [-0.15, -0.1) is 0 Å². The number of phenolic OH excluding ortho intramolecular Hbond substituents is 1. The van der Waals surface area contributed by atoms with Gasteiger partial charge in [-0.2, -0.15) is 0 Å². The fourth-order valence-electron chi connectivity index (χ4n) is 4.04. The fourth-order valence-corrected chi connectivity index (χ4v) is 4.04.